The van der Waals surface area contributed by atoms with Gasteiger partial charge in [-0.3, -0.25) is 9.69 Å². The molecular formula is C23H25NO. The summed E-state index contributed by atoms with van der Waals surface area (Å²) >= 11 is 0. The van der Waals surface area contributed by atoms with Crippen molar-refractivity contribution in [2.75, 3.05) is 0 Å². The predicted molar refractivity (Wildman–Crippen MR) is 102 cm³/mol. The topological polar surface area (TPSA) is 20.3 Å². The van der Waals surface area contributed by atoms with Crippen molar-refractivity contribution >= 4 is 11.4 Å². The molecule has 2 heterocycles. The van der Waals surface area contributed by atoms with E-state index in [-0.39, 0.29) is 5.78 Å². The van der Waals surface area contributed by atoms with Gasteiger partial charge in [-0.05, 0) is 42.9 Å². The maximum absolute atomic E-state index is 11.5. The van der Waals surface area contributed by atoms with Crippen LogP contribution >= 0.6 is 0 Å². The highest BCUT2D eigenvalue weighted by atomic mass is 16.1. The zero-order valence-corrected chi connectivity index (χ0v) is 14.8. The number of fused-ring (bicyclic) bond motifs is 2. The number of Topliss-reactive ketones (excluding diaryl/α,β-unsaturated/α-hetero) is 1. The van der Waals surface area contributed by atoms with Gasteiger partial charge >= 0.3 is 0 Å². The highest BCUT2D eigenvalue weighted by Crippen LogP contribution is 2.38. The van der Waals surface area contributed by atoms with Crippen LogP contribution in [0.25, 0.3) is 5.57 Å². The molecule has 2 heteroatoms. The van der Waals surface area contributed by atoms with Crippen molar-refractivity contribution < 1.29 is 4.79 Å². The molecule has 0 aliphatic carbocycles. The lowest BCUT2D eigenvalue weighted by Gasteiger charge is -2.45. The van der Waals surface area contributed by atoms with Crippen LogP contribution in [-0.2, 0) is 6.54 Å². The van der Waals surface area contributed by atoms with Crippen molar-refractivity contribution in [3.8, 4) is 0 Å². The highest BCUT2D eigenvalue weighted by Gasteiger charge is 2.33. The van der Waals surface area contributed by atoms with Crippen molar-refractivity contribution in [1.29, 1.82) is 0 Å². The van der Waals surface area contributed by atoms with Crippen LogP contribution in [0.1, 0.15) is 54.1 Å². The third-order valence-electron chi connectivity index (χ3n) is 5.65. The molecule has 2 aromatic rings. The molecule has 0 radical (unpaired) electrons. The molecular weight excluding hydrogens is 306 g/mol. The van der Waals surface area contributed by atoms with Gasteiger partial charge in [0.05, 0.1) is 0 Å². The lowest BCUT2D eigenvalue weighted by Crippen LogP contribution is -2.47. The summed E-state index contributed by atoms with van der Waals surface area (Å²) in [4.78, 5) is 14.2. The molecule has 4 rings (SSSR count). The standard InChI is InChI=1S/C23H25NO/c1-17(25)19-10-12-20(13-11-19)21-14-22-8-5-9-23(15-21)24(22)16-18-6-3-2-4-7-18/h2-4,6-7,10-14,22-23H,5,8-9,15-16H2,1H3. The van der Waals surface area contributed by atoms with Crippen molar-refractivity contribution in [3.05, 3.63) is 77.4 Å². The summed E-state index contributed by atoms with van der Waals surface area (Å²) in [5.74, 6) is 0.134. The molecule has 1 saturated heterocycles. The Balaban J connectivity index is 1.57. The van der Waals surface area contributed by atoms with Crippen LogP contribution in [0.2, 0.25) is 0 Å². The molecule has 2 aliphatic heterocycles. The van der Waals surface area contributed by atoms with E-state index in [0.29, 0.717) is 12.1 Å². The van der Waals surface area contributed by atoms with Gasteiger partial charge in [-0.1, -0.05) is 67.1 Å². The average molecular weight is 331 g/mol. The lowest BCUT2D eigenvalue weighted by molar-refractivity contribution is 0.0951. The van der Waals surface area contributed by atoms with E-state index in [1.807, 2.05) is 12.1 Å². The number of benzene rings is 2. The fourth-order valence-electron chi connectivity index (χ4n) is 4.29. The van der Waals surface area contributed by atoms with Gasteiger partial charge in [-0.25, -0.2) is 0 Å². The number of ketones is 1. The Bertz CT molecular complexity index is 775. The van der Waals surface area contributed by atoms with E-state index in [4.69, 9.17) is 0 Å². The second-order valence-corrected chi connectivity index (χ2v) is 7.34. The molecule has 25 heavy (non-hydrogen) atoms. The van der Waals surface area contributed by atoms with E-state index in [9.17, 15) is 4.79 Å². The van der Waals surface area contributed by atoms with Crippen LogP contribution in [0.5, 0.6) is 0 Å². The highest BCUT2D eigenvalue weighted by molar-refractivity contribution is 5.94. The van der Waals surface area contributed by atoms with Crippen LogP contribution in [0.15, 0.2) is 60.7 Å². The van der Waals surface area contributed by atoms with E-state index < -0.39 is 0 Å². The molecule has 0 N–H and O–H groups in total. The molecule has 2 nitrogen and oxygen atoms in total. The minimum absolute atomic E-state index is 0.134. The summed E-state index contributed by atoms with van der Waals surface area (Å²) in [6.45, 7) is 2.67. The third-order valence-corrected chi connectivity index (χ3v) is 5.65. The van der Waals surface area contributed by atoms with E-state index >= 15 is 0 Å². The lowest BCUT2D eigenvalue weighted by atomic mass is 9.82. The molecule has 2 aromatic carbocycles. The van der Waals surface area contributed by atoms with Crippen LogP contribution in [-0.4, -0.2) is 22.8 Å². The van der Waals surface area contributed by atoms with E-state index in [1.54, 1.807) is 6.92 Å². The Morgan fingerprint density at radius 2 is 1.80 bits per heavy atom. The SMILES string of the molecule is CC(=O)c1ccc(C2=CC3CCCC(C2)N3Cc2ccccc2)cc1. The summed E-state index contributed by atoms with van der Waals surface area (Å²) in [6.07, 6.45) is 7.45. The van der Waals surface area contributed by atoms with E-state index in [2.05, 4.69) is 53.4 Å². The van der Waals surface area contributed by atoms with Gasteiger partial charge < -0.3 is 0 Å². The minimum atomic E-state index is 0.134. The molecule has 0 amide bonds. The van der Waals surface area contributed by atoms with Crippen molar-refractivity contribution in [2.45, 2.75) is 51.2 Å². The number of rotatable bonds is 4. The molecule has 2 unspecified atom stereocenters. The van der Waals surface area contributed by atoms with Crippen LogP contribution < -0.4 is 0 Å². The van der Waals surface area contributed by atoms with Crippen LogP contribution in [0, 0.1) is 0 Å². The molecule has 2 atom stereocenters. The minimum Gasteiger partial charge on any atom is -0.295 e. The van der Waals surface area contributed by atoms with Gasteiger partial charge in [0.2, 0.25) is 0 Å². The summed E-state index contributed by atoms with van der Waals surface area (Å²) in [5.41, 5.74) is 4.93. The number of hydrogen-bond acceptors (Lipinski definition) is 2. The monoisotopic (exact) mass is 331 g/mol. The fraction of sp³-hybridized carbons (Fsp3) is 0.348. The number of nitrogens with zero attached hydrogens (tertiary/aromatic N) is 1. The first-order valence-corrected chi connectivity index (χ1v) is 9.32. The summed E-state index contributed by atoms with van der Waals surface area (Å²) in [6, 6.07) is 20.1. The smallest absolute Gasteiger partial charge is 0.159 e. The normalized spacial score (nSPS) is 23.2. The zero-order chi connectivity index (χ0) is 17.2. The van der Waals surface area contributed by atoms with Crippen LogP contribution in [0.3, 0.4) is 0 Å². The largest absolute Gasteiger partial charge is 0.295 e. The number of carbonyl (C=O) groups excluding carboxylic acids is 1. The second-order valence-electron chi connectivity index (χ2n) is 7.34. The van der Waals surface area contributed by atoms with Crippen LogP contribution in [0.4, 0.5) is 0 Å². The average Bonchev–Trinajstić information content (AvgIpc) is 2.62. The second kappa shape index (κ2) is 6.97. The first-order chi connectivity index (χ1) is 12.2. The molecule has 128 valence electrons. The van der Waals surface area contributed by atoms with E-state index in [1.165, 1.54) is 36.0 Å². The maximum atomic E-state index is 11.5. The maximum Gasteiger partial charge on any atom is 0.159 e. The Kier molecular flexibility index (Phi) is 4.54. The first-order valence-electron chi connectivity index (χ1n) is 9.32. The number of piperidine rings is 1. The van der Waals surface area contributed by atoms with Crippen molar-refractivity contribution in [1.82, 2.24) is 4.90 Å². The molecule has 2 bridgehead atoms. The Labute approximate surface area is 150 Å². The molecule has 2 aliphatic rings. The summed E-state index contributed by atoms with van der Waals surface area (Å²) in [5, 5.41) is 0. The van der Waals surface area contributed by atoms with Gasteiger partial charge in [0.1, 0.15) is 0 Å². The van der Waals surface area contributed by atoms with Gasteiger partial charge in [0, 0.05) is 24.2 Å². The van der Waals surface area contributed by atoms with Crippen molar-refractivity contribution in [2.24, 2.45) is 0 Å². The van der Waals surface area contributed by atoms with Gasteiger partial charge in [-0.15, -0.1) is 0 Å². The third kappa shape index (κ3) is 3.45. The Morgan fingerprint density at radius 1 is 1.04 bits per heavy atom. The first kappa shape index (κ1) is 16.3. The van der Waals surface area contributed by atoms with Gasteiger partial charge in [0.25, 0.3) is 0 Å². The molecule has 0 aromatic heterocycles. The predicted octanol–water partition coefficient (Wildman–Crippen LogP) is 5.10. The Hall–Kier alpha value is -2.19. The molecule has 0 saturated carbocycles. The fourth-order valence-corrected chi connectivity index (χ4v) is 4.29. The van der Waals surface area contributed by atoms with Crippen molar-refractivity contribution in [3.63, 3.8) is 0 Å². The van der Waals surface area contributed by atoms with Gasteiger partial charge in [0.15, 0.2) is 5.78 Å². The number of hydrogen-bond donors (Lipinski definition) is 0. The Morgan fingerprint density at radius 3 is 2.48 bits per heavy atom. The summed E-state index contributed by atoms with van der Waals surface area (Å²) < 4.78 is 0. The quantitative estimate of drug-likeness (QED) is 0.727. The molecule has 0 spiro atoms. The van der Waals surface area contributed by atoms with Gasteiger partial charge in [-0.2, -0.15) is 0 Å². The van der Waals surface area contributed by atoms with E-state index in [0.717, 1.165) is 18.5 Å². The number of carbonyl (C=O) groups is 1. The zero-order valence-electron chi connectivity index (χ0n) is 14.8. The summed E-state index contributed by atoms with van der Waals surface area (Å²) in [7, 11) is 0. The molecule has 1 fully saturated rings.